The Morgan fingerprint density at radius 2 is 1.14 bits per heavy atom. The number of guanidine groups is 1. The summed E-state index contributed by atoms with van der Waals surface area (Å²) in [5.74, 6) is -0.0418. The minimum atomic E-state index is -2.08. The summed E-state index contributed by atoms with van der Waals surface area (Å²) >= 11 is 0. The van der Waals surface area contributed by atoms with Gasteiger partial charge in [0.25, 0.3) is 0 Å². The van der Waals surface area contributed by atoms with Crippen LogP contribution in [0.15, 0.2) is 16.8 Å². The third-order valence-electron chi connectivity index (χ3n) is 12.4. The number of aliphatic hydroxyl groups excluding tert-OH is 2. The molecule has 0 radical (unpaired) electrons. The van der Waals surface area contributed by atoms with Gasteiger partial charge in [0, 0.05) is 20.2 Å². The van der Waals surface area contributed by atoms with E-state index in [1.54, 1.807) is 110 Å². The van der Waals surface area contributed by atoms with E-state index in [2.05, 4.69) is 60.4 Å². The van der Waals surface area contributed by atoms with Gasteiger partial charge in [-0.1, -0.05) is 20.8 Å². The van der Waals surface area contributed by atoms with E-state index in [1.807, 2.05) is 0 Å². The van der Waals surface area contributed by atoms with E-state index in [4.69, 9.17) is 52.1 Å². The Balaban J connectivity index is 2.24. The first-order valence-corrected chi connectivity index (χ1v) is 29.8. The fraction of sp³-hybridized carbons (Fsp3) is 0.849. The highest BCUT2D eigenvalue weighted by Crippen LogP contribution is 2.37. The van der Waals surface area contributed by atoms with Crippen LogP contribution in [0.5, 0.6) is 0 Å². The molecule has 0 aromatic rings. The van der Waals surface area contributed by atoms with Crippen molar-refractivity contribution in [3.63, 3.8) is 0 Å². The monoisotopic (exact) mass is 1150 g/mol. The number of aliphatic imine (C=N–C) groups is 1. The zero-order valence-corrected chi connectivity index (χ0v) is 52.0. The molecule has 0 unspecified atom stereocenters. The van der Waals surface area contributed by atoms with Crippen molar-refractivity contribution in [2.24, 2.45) is 4.99 Å². The van der Waals surface area contributed by atoms with Crippen molar-refractivity contribution in [3.05, 3.63) is 11.8 Å². The number of alkyl carbamates (subject to hydrolysis) is 4. The second-order valence-corrected chi connectivity index (χ2v) is 31.8. The van der Waals surface area contributed by atoms with E-state index in [0.29, 0.717) is 18.9 Å². The zero-order chi connectivity index (χ0) is 60.7. The molecule has 2 heterocycles. The number of ether oxygens (including phenoxy) is 9. The zero-order valence-electron chi connectivity index (χ0n) is 51.0. The van der Waals surface area contributed by atoms with Crippen molar-refractivity contribution < 1.29 is 86.4 Å². The third-order valence-corrected chi connectivity index (χ3v) is 16.9. The molecular formula is C53H97N7O18Si. The quantitative estimate of drug-likeness (QED) is 0.0324. The van der Waals surface area contributed by atoms with Gasteiger partial charge in [-0.3, -0.25) is 10.6 Å². The number of rotatable bonds is 14. The molecule has 1 saturated heterocycles. The first-order valence-electron chi connectivity index (χ1n) is 26.9. The lowest BCUT2D eigenvalue weighted by Gasteiger charge is -2.50. The summed E-state index contributed by atoms with van der Waals surface area (Å²) in [6, 6.07) is -5.06. The Hall–Kier alpha value is -4.54. The Morgan fingerprint density at radius 1 is 0.696 bits per heavy atom. The number of nitrogens with zero attached hydrogens (tertiary/aromatic N) is 2. The smallest absolute Gasteiger partial charge is 0.414 e. The highest BCUT2D eigenvalue weighted by atomic mass is 28.4. The fourth-order valence-corrected chi connectivity index (χ4v) is 9.13. The maximum atomic E-state index is 13.8. The SMILES string of the molecule is CN(C(=O)OC(C)(C)C)[C@@H]1[C@@H](O)[C@@H](O[C@@H]2[C@@H](O)[C@H](O[C@H]3OC(CNCCO[Si](C)(C)C(C)(C)C)=CC[C@H]3N=C(NC(=O)OC(C)(C)C)NC(=O)OC(C)(C)C)[C@@H](NC(=O)OC(C)(C)C)C[C@H]2NC(=O)OC(C)(C)C)OC[C@]1(C)O. The van der Waals surface area contributed by atoms with E-state index in [1.165, 1.54) is 14.0 Å². The van der Waals surface area contributed by atoms with E-state index < -0.39 is 146 Å². The van der Waals surface area contributed by atoms with Gasteiger partial charge >= 0.3 is 30.5 Å². The highest BCUT2D eigenvalue weighted by molar-refractivity contribution is 6.74. The van der Waals surface area contributed by atoms with E-state index in [9.17, 15) is 39.3 Å². The van der Waals surface area contributed by atoms with Gasteiger partial charge in [-0.15, -0.1) is 0 Å². The van der Waals surface area contributed by atoms with Crippen LogP contribution in [0.3, 0.4) is 0 Å². The largest absolute Gasteiger partial charge is 0.466 e. The normalized spacial score (nSPS) is 27.2. The van der Waals surface area contributed by atoms with Crippen LogP contribution in [-0.4, -0.2) is 193 Å². The highest BCUT2D eigenvalue weighted by Gasteiger charge is 2.55. The second kappa shape index (κ2) is 26.6. The van der Waals surface area contributed by atoms with Crippen LogP contribution in [0.25, 0.3) is 0 Å². The van der Waals surface area contributed by atoms with Crippen LogP contribution in [0.1, 0.15) is 144 Å². The van der Waals surface area contributed by atoms with Crippen molar-refractivity contribution >= 4 is 44.7 Å². The van der Waals surface area contributed by atoms with Crippen LogP contribution in [0.2, 0.25) is 18.1 Å². The van der Waals surface area contributed by atoms with Crippen molar-refractivity contribution in [1.82, 2.24) is 31.5 Å². The number of hydrogen-bond acceptors (Lipinski definition) is 20. The minimum absolute atomic E-state index is 0.0155. The van der Waals surface area contributed by atoms with Crippen LogP contribution >= 0.6 is 0 Å². The molecule has 25 nitrogen and oxygen atoms in total. The Labute approximate surface area is 468 Å². The molecule has 11 atom stereocenters. The number of likely N-dealkylation sites (N-methyl/N-ethyl adjacent to an activating group) is 1. The van der Waals surface area contributed by atoms with E-state index in [0.717, 1.165) is 4.90 Å². The van der Waals surface area contributed by atoms with E-state index in [-0.39, 0.29) is 24.4 Å². The van der Waals surface area contributed by atoms with Crippen LogP contribution in [0.4, 0.5) is 24.0 Å². The molecule has 0 aromatic heterocycles. The van der Waals surface area contributed by atoms with Crippen molar-refractivity contribution in [2.75, 3.05) is 33.4 Å². The van der Waals surface area contributed by atoms with Crippen LogP contribution in [-0.2, 0) is 47.1 Å². The molecule has 2 fully saturated rings. The number of carbonyl (C=O) groups is 5. The minimum Gasteiger partial charge on any atom is -0.466 e. The van der Waals surface area contributed by atoms with Crippen LogP contribution < -0.4 is 26.6 Å². The van der Waals surface area contributed by atoms with Gasteiger partial charge in [0.1, 0.15) is 69.8 Å². The van der Waals surface area contributed by atoms with Gasteiger partial charge in [-0.2, -0.15) is 0 Å². The van der Waals surface area contributed by atoms with Crippen molar-refractivity contribution in [1.29, 1.82) is 0 Å². The molecular weight excluding hydrogens is 1050 g/mol. The molecule has 0 aromatic carbocycles. The molecule has 0 bridgehead atoms. The summed E-state index contributed by atoms with van der Waals surface area (Å²) in [4.78, 5) is 73.2. The van der Waals surface area contributed by atoms with E-state index >= 15 is 0 Å². The first-order chi connectivity index (χ1) is 35.7. The molecule has 79 heavy (non-hydrogen) atoms. The van der Waals surface area contributed by atoms with Gasteiger partial charge in [-0.05, 0) is 148 Å². The number of carbonyl (C=O) groups excluding carboxylic acids is 5. The Kier molecular flexibility index (Phi) is 23.1. The summed E-state index contributed by atoms with van der Waals surface area (Å²) in [5, 5.41) is 50.2. The summed E-state index contributed by atoms with van der Waals surface area (Å²) in [6.07, 6.45) is -13.2. The third kappa shape index (κ3) is 23.1. The van der Waals surface area contributed by atoms with Gasteiger partial charge in [-0.25, -0.2) is 29.0 Å². The molecule has 456 valence electrons. The lowest BCUT2D eigenvalue weighted by molar-refractivity contribution is -0.311. The van der Waals surface area contributed by atoms with Crippen molar-refractivity contribution in [3.8, 4) is 0 Å². The predicted molar refractivity (Wildman–Crippen MR) is 294 cm³/mol. The van der Waals surface area contributed by atoms with Gasteiger partial charge in [0.15, 0.2) is 14.6 Å². The maximum Gasteiger partial charge on any atom is 0.414 e. The lowest BCUT2D eigenvalue weighted by Crippen LogP contribution is -2.70. The number of nitrogens with one attached hydrogen (secondary N) is 5. The average molecular weight is 1150 g/mol. The van der Waals surface area contributed by atoms with Crippen molar-refractivity contribution in [2.45, 2.75) is 257 Å². The Bertz CT molecular complexity index is 2100. The standard InChI is InChI=1S/C53H97N7O18Si/c1-47(2,3)74-42(63)56-32-27-33(57-43(64)75-48(4,5)6)37(73-40-35(62)38(53(19,68)29-69-40)60(20)46(67)78-51(13,14)15)34(61)36(32)72-39-31(24-23-30(71-39)28-54-25-26-70-79(21,22)52(16,17)18)55-41(58-44(65)76-49(7,8)9)59-45(66)77-50(10,11)12/h23,31-40,54,61-62,68H,24-29H2,1-22H3,(H,56,63)(H,57,64)(H2,55,58,59,65,66)/t31-,32+,33-,34+,35-,36-,37+,38-,39-,40-,53+/m1/s1. The first kappa shape index (κ1) is 68.7. The molecule has 3 aliphatic rings. The van der Waals surface area contributed by atoms with Gasteiger partial charge < -0.3 is 83.2 Å². The van der Waals surface area contributed by atoms with Gasteiger partial charge in [0.05, 0.1) is 31.3 Å². The topological polar surface area (TPSA) is 314 Å². The molecule has 0 spiro atoms. The molecule has 8 N–H and O–H groups in total. The summed E-state index contributed by atoms with van der Waals surface area (Å²) in [6.45, 7) is 37.4. The summed E-state index contributed by atoms with van der Waals surface area (Å²) in [5.41, 5.74) is -6.73. The molecule has 3 rings (SSSR count). The molecule has 1 aliphatic carbocycles. The molecule has 2 aliphatic heterocycles. The summed E-state index contributed by atoms with van der Waals surface area (Å²) < 4.78 is 60.0. The predicted octanol–water partition coefficient (Wildman–Crippen LogP) is 6.03. The Morgan fingerprint density at radius 3 is 1.58 bits per heavy atom. The summed E-state index contributed by atoms with van der Waals surface area (Å²) in [7, 11) is -0.743. The lowest BCUT2D eigenvalue weighted by atomic mass is 9.83. The van der Waals surface area contributed by atoms with Crippen LogP contribution in [0, 0.1) is 0 Å². The number of hydrogen-bond donors (Lipinski definition) is 8. The molecule has 1 saturated carbocycles. The number of aliphatic hydroxyl groups is 3. The molecule has 26 heteroatoms. The maximum absolute atomic E-state index is 13.8. The van der Waals surface area contributed by atoms with Gasteiger partial charge in [0.2, 0.25) is 12.2 Å². The fourth-order valence-electron chi connectivity index (χ4n) is 8.08. The molecule has 5 amide bonds. The number of amides is 5. The average Bonchev–Trinajstić information content (AvgIpc) is 3.20. The second-order valence-electron chi connectivity index (χ2n) is 27.0.